The first kappa shape index (κ1) is 71.2. The highest BCUT2D eigenvalue weighted by molar-refractivity contribution is 5.74. The first-order valence-corrected chi connectivity index (χ1v) is 30.9. The number of hydrogen-bond donors (Lipinski definition) is 3. The van der Waals surface area contributed by atoms with E-state index in [9.17, 15) is 34.5 Å². The molecule has 0 aromatic heterocycles. The molecule has 1 fully saturated rings. The molecule has 0 aromatic rings. The molecule has 1 aliphatic rings. The van der Waals surface area contributed by atoms with Crippen LogP contribution >= 0.6 is 0 Å². The smallest absolute Gasteiger partial charge is 0.335 e. The number of unbranched alkanes of at least 4 members (excludes halogenated alkanes) is 26. The van der Waals surface area contributed by atoms with E-state index in [1.807, 2.05) is 0 Å². The Labute approximate surface area is 468 Å². The van der Waals surface area contributed by atoms with Crippen LogP contribution < -0.4 is 0 Å². The number of ether oxygens (including phenoxy) is 5. The second-order valence-corrected chi connectivity index (χ2v) is 21.0. The average molecular weight is 1080 g/mol. The lowest BCUT2D eigenvalue weighted by Gasteiger charge is -2.40. The van der Waals surface area contributed by atoms with Crippen LogP contribution in [0.2, 0.25) is 0 Å². The molecule has 12 nitrogen and oxygen atoms in total. The molecule has 1 heterocycles. The van der Waals surface area contributed by atoms with Gasteiger partial charge in [0.1, 0.15) is 18.8 Å². The van der Waals surface area contributed by atoms with Gasteiger partial charge in [-0.1, -0.05) is 209 Å². The summed E-state index contributed by atoms with van der Waals surface area (Å²) < 4.78 is 28.4. The van der Waals surface area contributed by atoms with Crippen molar-refractivity contribution in [1.82, 2.24) is 0 Å². The van der Waals surface area contributed by atoms with Crippen molar-refractivity contribution in [3.8, 4) is 0 Å². The van der Waals surface area contributed by atoms with E-state index < -0.39 is 67.3 Å². The van der Waals surface area contributed by atoms with Gasteiger partial charge in [-0.2, -0.15) is 0 Å². The lowest BCUT2D eigenvalue weighted by atomic mass is 9.98. The second kappa shape index (κ2) is 52.8. The maximum absolute atomic E-state index is 13.1. The first-order chi connectivity index (χ1) is 37.6. The number of aliphatic hydroxyl groups excluding tert-OH is 2. The summed E-state index contributed by atoms with van der Waals surface area (Å²) >= 11 is 0. The van der Waals surface area contributed by atoms with E-state index in [2.05, 4.69) is 93.7 Å². The molecule has 12 heteroatoms. The minimum absolute atomic E-state index is 0.0410. The van der Waals surface area contributed by atoms with Crippen molar-refractivity contribution in [2.24, 2.45) is 0 Å². The standard InChI is InChI=1S/C65H110O12/c1-4-7-10-13-16-19-22-25-27-28-29-30-32-34-36-39-42-45-48-51-57(66)73-54-56(75-58(67)52-49-46-43-40-37-33-24-21-18-15-12-9-6-3)55-74-65-63(61(70)60(69)62(77-65)64(71)72)76-59(68)53-50-47-44-41-38-35-31-26-23-20-17-14-11-8-5-2/h12,15-17,19-21,24-27,31,56,60-63,65,69-70H,4-11,13-14,18,22-23,28-30,32-55H2,1-3H3,(H,71,72)/b15-12-,19-16-,20-17-,24-21-,27-25-,31-26-. The summed E-state index contributed by atoms with van der Waals surface area (Å²) in [5.41, 5.74) is 0. The zero-order valence-corrected chi connectivity index (χ0v) is 48.7. The number of aliphatic hydroxyl groups is 2. The summed E-state index contributed by atoms with van der Waals surface area (Å²) in [6, 6.07) is 0. The fourth-order valence-electron chi connectivity index (χ4n) is 8.94. The Morgan fingerprint density at radius 1 is 0.429 bits per heavy atom. The van der Waals surface area contributed by atoms with Crippen LogP contribution in [0.25, 0.3) is 0 Å². The molecule has 1 saturated heterocycles. The van der Waals surface area contributed by atoms with Crippen molar-refractivity contribution in [2.75, 3.05) is 13.2 Å². The fourth-order valence-corrected chi connectivity index (χ4v) is 8.94. The monoisotopic (exact) mass is 1080 g/mol. The van der Waals surface area contributed by atoms with Crippen LogP contribution in [-0.2, 0) is 42.9 Å². The number of allylic oxidation sites excluding steroid dienone is 12. The SMILES string of the molecule is CCC/C=C\C/C=C\CCCCCCCC(=O)OC(COC(=O)CCCCCCCCCCC/C=C\C/C=C\CCCCC)COC1OC(C(=O)O)C(O)C(O)C1OC(=O)CCCCCCC/C=C\C/C=C\CCCCC. The highest BCUT2D eigenvalue weighted by Crippen LogP contribution is 2.26. The number of hydrogen-bond acceptors (Lipinski definition) is 11. The fraction of sp³-hybridized carbons (Fsp3) is 0.754. The van der Waals surface area contributed by atoms with Crippen molar-refractivity contribution < 1.29 is 58.2 Å². The summed E-state index contributed by atoms with van der Waals surface area (Å²) in [6.07, 6.45) is 54.3. The maximum atomic E-state index is 13.1. The lowest BCUT2D eigenvalue weighted by Crippen LogP contribution is -2.61. The van der Waals surface area contributed by atoms with Gasteiger partial charge in [0.25, 0.3) is 0 Å². The zero-order valence-electron chi connectivity index (χ0n) is 48.7. The highest BCUT2D eigenvalue weighted by atomic mass is 16.7. The molecule has 77 heavy (non-hydrogen) atoms. The van der Waals surface area contributed by atoms with Gasteiger partial charge in [-0.05, 0) is 109 Å². The number of rotatable bonds is 52. The van der Waals surface area contributed by atoms with E-state index in [-0.39, 0.29) is 25.9 Å². The first-order valence-electron chi connectivity index (χ1n) is 30.9. The van der Waals surface area contributed by atoms with Crippen molar-refractivity contribution in [2.45, 2.75) is 302 Å². The molecule has 1 aliphatic heterocycles. The van der Waals surface area contributed by atoms with Crippen molar-refractivity contribution >= 4 is 23.9 Å². The molecule has 0 saturated carbocycles. The van der Waals surface area contributed by atoms with Crippen LogP contribution in [0, 0.1) is 0 Å². The number of carbonyl (C=O) groups excluding carboxylic acids is 3. The molecular weight excluding hydrogens is 973 g/mol. The summed E-state index contributed by atoms with van der Waals surface area (Å²) in [5, 5.41) is 31.5. The van der Waals surface area contributed by atoms with Crippen LogP contribution in [0.5, 0.6) is 0 Å². The molecule has 0 bridgehead atoms. The Morgan fingerprint density at radius 3 is 1.22 bits per heavy atom. The molecule has 0 aromatic carbocycles. The van der Waals surface area contributed by atoms with E-state index in [1.165, 1.54) is 77.0 Å². The van der Waals surface area contributed by atoms with Gasteiger partial charge in [-0.25, -0.2) is 4.79 Å². The van der Waals surface area contributed by atoms with Gasteiger partial charge in [0.15, 0.2) is 24.6 Å². The molecule has 0 aliphatic carbocycles. The van der Waals surface area contributed by atoms with Gasteiger partial charge in [-0.3, -0.25) is 14.4 Å². The van der Waals surface area contributed by atoms with E-state index in [0.717, 1.165) is 128 Å². The largest absolute Gasteiger partial charge is 0.479 e. The van der Waals surface area contributed by atoms with Crippen LogP contribution in [0.3, 0.4) is 0 Å². The van der Waals surface area contributed by atoms with E-state index >= 15 is 0 Å². The van der Waals surface area contributed by atoms with Crippen LogP contribution in [0.1, 0.15) is 265 Å². The minimum Gasteiger partial charge on any atom is -0.479 e. The van der Waals surface area contributed by atoms with Crippen molar-refractivity contribution in [1.29, 1.82) is 0 Å². The van der Waals surface area contributed by atoms with Gasteiger partial charge in [-0.15, -0.1) is 0 Å². The quantitative estimate of drug-likeness (QED) is 0.0228. The van der Waals surface area contributed by atoms with Crippen LogP contribution in [-0.4, -0.2) is 89.2 Å². The Balaban J connectivity index is 2.67. The third kappa shape index (κ3) is 42.7. The number of aliphatic carboxylic acids is 1. The lowest BCUT2D eigenvalue weighted by molar-refractivity contribution is -0.301. The van der Waals surface area contributed by atoms with Gasteiger partial charge in [0.05, 0.1) is 6.61 Å². The van der Waals surface area contributed by atoms with Gasteiger partial charge in [0, 0.05) is 19.3 Å². The summed E-state index contributed by atoms with van der Waals surface area (Å²) in [7, 11) is 0. The molecule has 0 spiro atoms. The molecule has 6 unspecified atom stereocenters. The minimum atomic E-state index is -1.91. The maximum Gasteiger partial charge on any atom is 0.335 e. The summed E-state index contributed by atoms with van der Waals surface area (Å²) in [6.45, 7) is 5.87. The average Bonchev–Trinajstić information content (AvgIpc) is 3.42. The number of esters is 3. The number of carbonyl (C=O) groups is 4. The van der Waals surface area contributed by atoms with Crippen LogP contribution in [0.15, 0.2) is 72.9 Å². The predicted octanol–water partition coefficient (Wildman–Crippen LogP) is 16.1. The molecular formula is C65H110O12. The third-order valence-electron chi connectivity index (χ3n) is 13.7. The predicted molar refractivity (Wildman–Crippen MR) is 312 cm³/mol. The zero-order chi connectivity index (χ0) is 56.1. The third-order valence-corrected chi connectivity index (χ3v) is 13.7. The Morgan fingerprint density at radius 2 is 0.805 bits per heavy atom. The molecule has 0 amide bonds. The second-order valence-electron chi connectivity index (χ2n) is 21.0. The van der Waals surface area contributed by atoms with E-state index in [0.29, 0.717) is 19.3 Å². The normalized spacial score (nSPS) is 18.5. The summed E-state index contributed by atoms with van der Waals surface area (Å²) in [5.74, 6) is -3.16. The van der Waals surface area contributed by atoms with E-state index in [4.69, 9.17) is 23.7 Å². The van der Waals surface area contributed by atoms with Gasteiger partial charge < -0.3 is 39.0 Å². The van der Waals surface area contributed by atoms with Gasteiger partial charge in [0.2, 0.25) is 0 Å². The Kier molecular flexibility index (Phi) is 48.8. The van der Waals surface area contributed by atoms with Gasteiger partial charge >= 0.3 is 23.9 Å². The van der Waals surface area contributed by atoms with Crippen molar-refractivity contribution in [3.63, 3.8) is 0 Å². The molecule has 6 atom stereocenters. The van der Waals surface area contributed by atoms with Crippen LogP contribution in [0.4, 0.5) is 0 Å². The Bertz CT molecular complexity index is 1620. The number of carboxylic acids is 1. The Hall–Kier alpha value is -3.84. The molecule has 1 rings (SSSR count). The molecule has 442 valence electrons. The molecule has 0 radical (unpaired) electrons. The highest BCUT2D eigenvalue weighted by Gasteiger charge is 2.50. The number of carboxylic acid groups (broad SMARTS) is 1. The topological polar surface area (TPSA) is 175 Å². The van der Waals surface area contributed by atoms with Crippen molar-refractivity contribution in [3.05, 3.63) is 72.9 Å². The molecule has 3 N–H and O–H groups in total. The van der Waals surface area contributed by atoms with E-state index in [1.54, 1.807) is 0 Å². The summed E-state index contributed by atoms with van der Waals surface area (Å²) in [4.78, 5) is 51.2.